The summed E-state index contributed by atoms with van der Waals surface area (Å²) in [7, 11) is 3.37. The molecule has 0 saturated heterocycles. The fourth-order valence-electron chi connectivity index (χ4n) is 2.07. The maximum absolute atomic E-state index is 8.67. The Balaban J connectivity index is 4.65. The number of hydrogen-bond acceptors (Lipinski definition) is 5. The molecule has 0 aromatic rings. The maximum atomic E-state index is 8.67. The van der Waals surface area contributed by atoms with Gasteiger partial charge in [0.15, 0.2) is 0 Å². The Kier molecular flexibility index (Phi) is 9.63. The van der Waals surface area contributed by atoms with Crippen LogP contribution in [0.3, 0.4) is 0 Å². The van der Waals surface area contributed by atoms with E-state index in [0.29, 0.717) is 19.6 Å². The van der Waals surface area contributed by atoms with Crippen LogP contribution in [0.5, 0.6) is 0 Å². The first-order chi connectivity index (χ1) is 8.60. The molecule has 6 nitrogen and oxygen atoms in total. The lowest BCUT2D eigenvalue weighted by atomic mass is 10.1. The molecule has 0 rings (SSSR count). The zero-order valence-corrected chi connectivity index (χ0v) is 11.9. The van der Waals surface area contributed by atoms with Crippen LogP contribution in [-0.2, 0) is 9.47 Å². The summed E-state index contributed by atoms with van der Waals surface area (Å²) < 4.78 is 10.3. The molecule has 0 radical (unpaired) electrons. The van der Waals surface area contributed by atoms with Crippen LogP contribution >= 0.6 is 0 Å². The predicted molar refractivity (Wildman–Crippen MR) is 72.0 cm³/mol. The molecule has 0 aliphatic rings. The van der Waals surface area contributed by atoms with Crippen molar-refractivity contribution in [1.82, 2.24) is 4.90 Å². The standard InChI is InChI=1S/C12H27N3O3/c1-5-11(8-12(13)14-16)15(6-7-17-3)10(2)9-18-4/h10-11,16H,5-9H2,1-4H3,(H2,13,14). The highest BCUT2D eigenvalue weighted by Gasteiger charge is 2.23. The number of nitrogens with two attached hydrogens (primary N) is 1. The van der Waals surface area contributed by atoms with E-state index in [1.807, 2.05) is 0 Å². The van der Waals surface area contributed by atoms with Crippen molar-refractivity contribution in [1.29, 1.82) is 0 Å². The van der Waals surface area contributed by atoms with Crippen LogP contribution in [0.25, 0.3) is 0 Å². The molecule has 6 heteroatoms. The molecule has 0 aliphatic heterocycles. The zero-order chi connectivity index (χ0) is 14.0. The highest BCUT2D eigenvalue weighted by atomic mass is 16.5. The smallest absolute Gasteiger partial charge is 0.140 e. The van der Waals surface area contributed by atoms with Crippen molar-refractivity contribution in [3.05, 3.63) is 0 Å². The van der Waals surface area contributed by atoms with Gasteiger partial charge in [0, 0.05) is 39.3 Å². The Morgan fingerprint density at radius 1 is 1.39 bits per heavy atom. The molecule has 2 atom stereocenters. The summed E-state index contributed by atoms with van der Waals surface area (Å²) in [6.45, 7) is 6.30. The minimum absolute atomic E-state index is 0.223. The second-order valence-corrected chi connectivity index (χ2v) is 4.39. The number of nitrogens with zero attached hydrogens (tertiary/aromatic N) is 2. The van der Waals surface area contributed by atoms with Crippen molar-refractivity contribution in [2.75, 3.05) is 34.0 Å². The van der Waals surface area contributed by atoms with E-state index < -0.39 is 0 Å². The van der Waals surface area contributed by atoms with Gasteiger partial charge in [0.05, 0.1) is 13.2 Å². The average Bonchev–Trinajstić information content (AvgIpc) is 2.37. The van der Waals surface area contributed by atoms with Gasteiger partial charge >= 0.3 is 0 Å². The normalized spacial score (nSPS) is 15.9. The summed E-state index contributed by atoms with van der Waals surface area (Å²) in [4.78, 5) is 2.28. The van der Waals surface area contributed by atoms with Gasteiger partial charge in [0.2, 0.25) is 0 Å². The van der Waals surface area contributed by atoms with Gasteiger partial charge in [-0.3, -0.25) is 4.90 Å². The predicted octanol–water partition coefficient (Wildman–Crippen LogP) is 0.885. The summed E-state index contributed by atoms with van der Waals surface area (Å²) in [5, 5.41) is 11.7. The van der Waals surface area contributed by atoms with Gasteiger partial charge < -0.3 is 20.4 Å². The highest BCUT2D eigenvalue weighted by molar-refractivity contribution is 5.80. The van der Waals surface area contributed by atoms with E-state index >= 15 is 0 Å². The van der Waals surface area contributed by atoms with Gasteiger partial charge in [-0.1, -0.05) is 12.1 Å². The van der Waals surface area contributed by atoms with Gasteiger partial charge in [-0.15, -0.1) is 0 Å². The summed E-state index contributed by atoms with van der Waals surface area (Å²) in [6, 6.07) is 0.489. The lowest BCUT2D eigenvalue weighted by Gasteiger charge is -2.35. The second-order valence-electron chi connectivity index (χ2n) is 4.39. The van der Waals surface area contributed by atoms with Crippen molar-refractivity contribution in [3.8, 4) is 0 Å². The molecule has 0 aromatic heterocycles. The first kappa shape index (κ1) is 17.2. The Bertz CT molecular complexity index is 237. The highest BCUT2D eigenvalue weighted by Crippen LogP contribution is 2.13. The van der Waals surface area contributed by atoms with E-state index in [2.05, 4.69) is 23.9 Å². The number of rotatable bonds is 10. The first-order valence-corrected chi connectivity index (χ1v) is 6.30. The van der Waals surface area contributed by atoms with E-state index in [1.165, 1.54) is 0 Å². The number of ether oxygens (including phenoxy) is 2. The second kappa shape index (κ2) is 10.1. The van der Waals surface area contributed by atoms with E-state index in [0.717, 1.165) is 13.0 Å². The topological polar surface area (TPSA) is 80.3 Å². The SMILES string of the molecule is CCC(C/C(N)=N/O)N(CCOC)C(C)COC. The van der Waals surface area contributed by atoms with Gasteiger partial charge in [0.1, 0.15) is 5.84 Å². The molecular formula is C12H27N3O3. The third-order valence-electron chi connectivity index (χ3n) is 3.04. The van der Waals surface area contributed by atoms with E-state index in [9.17, 15) is 0 Å². The van der Waals surface area contributed by atoms with Gasteiger partial charge in [-0.2, -0.15) is 0 Å². The third kappa shape index (κ3) is 6.18. The van der Waals surface area contributed by atoms with Crippen LogP contribution in [-0.4, -0.2) is 62.0 Å². The van der Waals surface area contributed by atoms with Gasteiger partial charge in [-0.25, -0.2) is 0 Å². The summed E-state index contributed by atoms with van der Waals surface area (Å²) in [6.07, 6.45) is 1.47. The number of methoxy groups -OCH3 is 2. The molecule has 0 aliphatic carbocycles. The molecule has 108 valence electrons. The van der Waals surface area contributed by atoms with E-state index in [1.54, 1.807) is 14.2 Å². The van der Waals surface area contributed by atoms with Gasteiger partial charge in [0.25, 0.3) is 0 Å². The van der Waals surface area contributed by atoms with Crippen LogP contribution < -0.4 is 5.73 Å². The Hall–Kier alpha value is -0.850. The van der Waals surface area contributed by atoms with Crippen molar-refractivity contribution >= 4 is 5.84 Å². The number of hydrogen-bond donors (Lipinski definition) is 2. The fraction of sp³-hybridized carbons (Fsp3) is 0.917. The first-order valence-electron chi connectivity index (χ1n) is 6.30. The lowest BCUT2D eigenvalue weighted by molar-refractivity contribution is 0.0473. The Labute approximate surface area is 110 Å². The quantitative estimate of drug-likeness (QED) is 0.264. The zero-order valence-electron chi connectivity index (χ0n) is 11.9. The van der Waals surface area contributed by atoms with Crippen LogP contribution in [0.2, 0.25) is 0 Å². The van der Waals surface area contributed by atoms with Crippen LogP contribution in [0.1, 0.15) is 26.7 Å². The summed E-state index contributed by atoms with van der Waals surface area (Å²) in [5.41, 5.74) is 5.60. The number of amidine groups is 1. The molecule has 0 amide bonds. The number of oxime groups is 1. The summed E-state index contributed by atoms with van der Waals surface area (Å²) >= 11 is 0. The minimum atomic E-state index is 0.223. The molecule has 2 unspecified atom stereocenters. The molecule has 0 saturated carbocycles. The monoisotopic (exact) mass is 261 g/mol. The third-order valence-corrected chi connectivity index (χ3v) is 3.04. The molecule has 3 N–H and O–H groups in total. The molecule has 0 spiro atoms. The van der Waals surface area contributed by atoms with Crippen molar-refractivity contribution in [2.45, 2.75) is 38.8 Å². The molecule has 0 aromatic carbocycles. The summed E-state index contributed by atoms with van der Waals surface area (Å²) in [5.74, 6) is 0.258. The van der Waals surface area contributed by atoms with E-state index in [-0.39, 0.29) is 17.9 Å². The Morgan fingerprint density at radius 3 is 2.50 bits per heavy atom. The van der Waals surface area contributed by atoms with Crippen LogP contribution in [0.15, 0.2) is 5.16 Å². The van der Waals surface area contributed by atoms with Crippen molar-refractivity contribution in [2.24, 2.45) is 10.9 Å². The molecule has 18 heavy (non-hydrogen) atoms. The fourth-order valence-corrected chi connectivity index (χ4v) is 2.07. The molecule has 0 heterocycles. The van der Waals surface area contributed by atoms with E-state index in [4.69, 9.17) is 20.4 Å². The molecule has 0 fully saturated rings. The van der Waals surface area contributed by atoms with Crippen molar-refractivity contribution in [3.63, 3.8) is 0 Å². The average molecular weight is 261 g/mol. The molecular weight excluding hydrogens is 234 g/mol. The van der Waals surface area contributed by atoms with Crippen LogP contribution in [0, 0.1) is 0 Å². The van der Waals surface area contributed by atoms with Crippen molar-refractivity contribution < 1.29 is 14.7 Å². The molecule has 0 bridgehead atoms. The Morgan fingerprint density at radius 2 is 2.06 bits per heavy atom. The van der Waals surface area contributed by atoms with Gasteiger partial charge in [-0.05, 0) is 13.3 Å². The minimum Gasteiger partial charge on any atom is -0.409 e. The maximum Gasteiger partial charge on any atom is 0.140 e. The largest absolute Gasteiger partial charge is 0.409 e. The lowest BCUT2D eigenvalue weighted by Crippen LogP contribution is -2.46. The van der Waals surface area contributed by atoms with Crippen LogP contribution in [0.4, 0.5) is 0 Å².